The number of carboxylic acids is 2. The van der Waals surface area contributed by atoms with Crippen molar-refractivity contribution in [2.75, 3.05) is 0 Å². The minimum absolute atomic E-state index is 0. The molecule has 0 heterocycles. The third-order valence-corrected chi connectivity index (χ3v) is 3.73. The fraction of sp³-hybridized carbons (Fsp3) is 0.867. The van der Waals surface area contributed by atoms with Crippen LogP contribution in [0.1, 0.15) is 80.9 Å². The fourth-order valence-corrected chi connectivity index (χ4v) is 2.35. The quantitative estimate of drug-likeness (QED) is 0.325. The Labute approximate surface area is 141 Å². The van der Waals surface area contributed by atoms with Crippen molar-refractivity contribution >= 4 is 35.0 Å². The van der Waals surface area contributed by atoms with Crippen molar-refractivity contribution in [3.8, 4) is 0 Å². The van der Waals surface area contributed by atoms with E-state index in [1.54, 1.807) is 0 Å². The second kappa shape index (κ2) is 12.4. The first-order valence-electron chi connectivity index (χ1n) is 7.48. The van der Waals surface area contributed by atoms with E-state index < -0.39 is 17.4 Å². The van der Waals surface area contributed by atoms with Crippen LogP contribution in [0.25, 0.3) is 0 Å². The molecule has 0 atom stereocenters. The van der Waals surface area contributed by atoms with Gasteiger partial charge in [0, 0.05) is 0 Å². The van der Waals surface area contributed by atoms with Gasteiger partial charge < -0.3 is 13.1 Å². The van der Waals surface area contributed by atoms with Gasteiger partial charge in [-0.05, 0) is 12.8 Å². The van der Waals surface area contributed by atoms with E-state index in [-0.39, 0.29) is 38.7 Å². The fourth-order valence-electron chi connectivity index (χ4n) is 2.35. The van der Waals surface area contributed by atoms with Crippen molar-refractivity contribution < 1.29 is 22.7 Å². The summed E-state index contributed by atoms with van der Waals surface area (Å²) in [5.41, 5.74) is -1.57. The number of rotatable bonds is 12. The zero-order chi connectivity index (χ0) is 14.7. The molecule has 5 heteroatoms. The molecule has 0 unspecified atom stereocenters. The van der Waals surface area contributed by atoms with Gasteiger partial charge in [-0.3, -0.25) is 9.59 Å². The third-order valence-electron chi connectivity index (χ3n) is 3.73. The topological polar surface area (TPSA) is 74.6 Å². The van der Waals surface area contributed by atoms with Gasteiger partial charge in [-0.1, -0.05) is 65.2 Å². The summed E-state index contributed by atoms with van der Waals surface area (Å²) in [5, 5.41) is 18.7. The molecule has 0 aliphatic carbocycles. The van der Waals surface area contributed by atoms with Crippen LogP contribution in [0.3, 0.4) is 0 Å². The molecule has 0 spiro atoms. The maximum Gasteiger partial charge on any atom is 2.00 e. The van der Waals surface area contributed by atoms with Gasteiger partial charge in [0.05, 0.1) is 0 Å². The van der Waals surface area contributed by atoms with Crippen LogP contribution in [0.15, 0.2) is 0 Å². The van der Waals surface area contributed by atoms with Gasteiger partial charge >= 0.3 is 35.0 Å². The van der Waals surface area contributed by atoms with Crippen LogP contribution >= 0.6 is 0 Å². The molecule has 20 heavy (non-hydrogen) atoms. The standard InChI is InChI=1S/C15H28O4.Mg.2H/c1-3-5-7-9-11-15(13(16)17,14(18)19)12-10-8-6-4-2;;;/h3-12H2,1-2H3,(H,16,17)(H,18,19);;;/q;+2;2*-1. The van der Waals surface area contributed by atoms with Gasteiger partial charge in [0.25, 0.3) is 0 Å². The molecular weight excluding hydrogens is 268 g/mol. The predicted octanol–water partition coefficient (Wildman–Crippen LogP) is 3.93. The Morgan fingerprint density at radius 1 is 0.800 bits per heavy atom. The number of aliphatic carboxylic acids is 2. The largest absolute Gasteiger partial charge is 2.00 e. The van der Waals surface area contributed by atoms with E-state index in [0.717, 1.165) is 38.5 Å². The molecule has 0 rings (SSSR count). The van der Waals surface area contributed by atoms with Crippen LogP contribution in [0.2, 0.25) is 0 Å². The number of carboxylic acid groups (broad SMARTS) is 2. The van der Waals surface area contributed by atoms with E-state index >= 15 is 0 Å². The number of carbonyl (C=O) groups is 2. The Kier molecular flexibility index (Phi) is 13.7. The van der Waals surface area contributed by atoms with Gasteiger partial charge in [-0.25, -0.2) is 0 Å². The summed E-state index contributed by atoms with van der Waals surface area (Å²) in [6.45, 7) is 4.15. The average molecular weight is 299 g/mol. The summed E-state index contributed by atoms with van der Waals surface area (Å²) >= 11 is 0. The van der Waals surface area contributed by atoms with Crippen molar-refractivity contribution in [1.82, 2.24) is 0 Å². The minimum atomic E-state index is -1.57. The molecule has 0 aliphatic rings. The molecule has 0 aromatic heterocycles. The summed E-state index contributed by atoms with van der Waals surface area (Å²) in [4.78, 5) is 22.8. The summed E-state index contributed by atoms with van der Waals surface area (Å²) in [6, 6.07) is 0. The molecule has 0 radical (unpaired) electrons. The van der Waals surface area contributed by atoms with E-state index in [9.17, 15) is 19.8 Å². The van der Waals surface area contributed by atoms with Crippen LogP contribution in [-0.2, 0) is 9.59 Å². The average Bonchev–Trinajstić information content (AvgIpc) is 2.36. The van der Waals surface area contributed by atoms with Crippen LogP contribution in [-0.4, -0.2) is 45.2 Å². The van der Waals surface area contributed by atoms with Crippen LogP contribution in [0, 0.1) is 5.41 Å². The molecule has 116 valence electrons. The maximum atomic E-state index is 11.4. The summed E-state index contributed by atoms with van der Waals surface area (Å²) in [7, 11) is 0. The Balaban J connectivity index is -0.000000540. The van der Waals surface area contributed by atoms with Gasteiger partial charge in [-0.2, -0.15) is 0 Å². The van der Waals surface area contributed by atoms with E-state index in [1.165, 1.54) is 0 Å². The molecule has 4 nitrogen and oxygen atoms in total. The third kappa shape index (κ3) is 7.48. The first-order chi connectivity index (χ1) is 9.01. The van der Waals surface area contributed by atoms with Crippen LogP contribution in [0.5, 0.6) is 0 Å². The number of hydrogen-bond acceptors (Lipinski definition) is 2. The van der Waals surface area contributed by atoms with Gasteiger partial charge in [0.1, 0.15) is 0 Å². The SMILES string of the molecule is CCCCCCC(CCCCCC)(C(=O)O)C(=O)O.[H-].[H-].[Mg+2]. The van der Waals surface area contributed by atoms with E-state index in [0.29, 0.717) is 12.8 Å². The Hall–Kier alpha value is -0.294. The summed E-state index contributed by atoms with van der Waals surface area (Å²) < 4.78 is 0. The van der Waals surface area contributed by atoms with Gasteiger partial charge in [0.2, 0.25) is 0 Å². The molecule has 0 fully saturated rings. The molecule has 2 N–H and O–H groups in total. The van der Waals surface area contributed by atoms with E-state index in [2.05, 4.69) is 13.8 Å². The molecule has 0 bridgehead atoms. The van der Waals surface area contributed by atoms with E-state index in [4.69, 9.17) is 0 Å². The zero-order valence-corrected chi connectivity index (χ0v) is 14.4. The normalized spacial score (nSPS) is 10.9. The molecule has 0 aromatic rings. The zero-order valence-electron chi connectivity index (χ0n) is 15.0. The Morgan fingerprint density at radius 2 is 1.15 bits per heavy atom. The maximum absolute atomic E-state index is 11.4. The van der Waals surface area contributed by atoms with Crippen molar-refractivity contribution in [2.24, 2.45) is 5.41 Å². The molecule has 0 aliphatic heterocycles. The molecular formula is C15H30MgO4. The Morgan fingerprint density at radius 3 is 1.40 bits per heavy atom. The number of hydrogen-bond donors (Lipinski definition) is 2. The van der Waals surface area contributed by atoms with Gasteiger partial charge in [-0.15, -0.1) is 0 Å². The monoisotopic (exact) mass is 298 g/mol. The second-order valence-corrected chi connectivity index (χ2v) is 5.31. The minimum Gasteiger partial charge on any atom is -1.00 e. The van der Waals surface area contributed by atoms with Crippen molar-refractivity contribution in [3.05, 3.63) is 0 Å². The van der Waals surface area contributed by atoms with Crippen molar-refractivity contribution in [3.63, 3.8) is 0 Å². The molecule has 0 amide bonds. The first-order valence-corrected chi connectivity index (χ1v) is 7.48. The van der Waals surface area contributed by atoms with Gasteiger partial charge in [0.15, 0.2) is 5.41 Å². The van der Waals surface area contributed by atoms with Crippen molar-refractivity contribution in [1.29, 1.82) is 0 Å². The second-order valence-electron chi connectivity index (χ2n) is 5.31. The first kappa shape index (κ1) is 22.0. The van der Waals surface area contributed by atoms with E-state index in [1.807, 2.05) is 0 Å². The molecule has 0 saturated carbocycles. The van der Waals surface area contributed by atoms with Crippen molar-refractivity contribution in [2.45, 2.75) is 78.1 Å². The smallest absolute Gasteiger partial charge is 1.00 e. The molecule has 0 saturated heterocycles. The molecule has 0 aromatic carbocycles. The Bertz CT molecular complexity index is 261. The summed E-state index contributed by atoms with van der Waals surface area (Å²) in [6.07, 6.45) is 7.87. The van der Waals surface area contributed by atoms with Crippen LogP contribution < -0.4 is 0 Å². The predicted molar refractivity (Wildman–Crippen MR) is 83.2 cm³/mol. The number of unbranched alkanes of at least 4 members (excludes halogenated alkanes) is 6. The van der Waals surface area contributed by atoms with Crippen LogP contribution in [0.4, 0.5) is 0 Å². The summed E-state index contributed by atoms with van der Waals surface area (Å²) in [5.74, 6) is -2.35.